The van der Waals surface area contributed by atoms with Crippen molar-refractivity contribution in [1.82, 2.24) is 10.2 Å². The number of hydrogen-bond donors (Lipinski definition) is 1. The molecule has 2 aliphatic rings. The second-order valence-electron chi connectivity index (χ2n) is 6.15. The minimum atomic E-state index is 0.725. The molecular formula is C15H30N2. The van der Waals surface area contributed by atoms with Gasteiger partial charge in [0.05, 0.1) is 0 Å². The Morgan fingerprint density at radius 2 is 1.82 bits per heavy atom. The van der Waals surface area contributed by atoms with Crippen LogP contribution in [0.3, 0.4) is 0 Å². The predicted octanol–water partition coefficient (Wildman–Crippen LogP) is 3.03. The molecule has 0 radical (unpaired) electrons. The van der Waals surface area contributed by atoms with Gasteiger partial charge in [-0.1, -0.05) is 26.2 Å². The van der Waals surface area contributed by atoms with Crippen molar-refractivity contribution in [2.75, 3.05) is 14.1 Å². The van der Waals surface area contributed by atoms with E-state index in [2.05, 4.69) is 31.2 Å². The van der Waals surface area contributed by atoms with Gasteiger partial charge in [0.1, 0.15) is 0 Å². The Hall–Kier alpha value is -0.0800. The number of rotatable bonds is 4. The van der Waals surface area contributed by atoms with Crippen molar-refractivity contribution in [3.63, 3.8) is 0 Å². The molecule has 0 heterocycles. The molecule has 0 bridgehead atoms. The summed E-state index contributed by atoms with van der Waals surface area (Å²) < 4.78 is 0. The molecule has 17 heavy (non-hydrogen) atoms. The standard InChI is InChI=1S/C15H30N2/c1-4-12-9-10-14(16-2)15(11-12)17(3)13-7-5-6-8-13/h12-16H,4-11H2,1-3H3. The molecule has 0 aromatic carbocycles. The van der Waals surface area contributed by atoms with Gasteiger partial charge in [-0.15, -0.1) is 0 Å². The molecule has 2 rings (SSSR count). The van der Waals surface area contributed by atoms with Gasteiger partial charge in [0.15, 0.2) is 0 Å². The van der Waals surface area contributed by atoms with Crippen LogP contribution in [-0.2, 0) is 0 Å². The van der Waals surface area contributed by atoms with Crippen LogP contribution in [0.2, 0.25) is 0 Å². The first-order valence-corrected chi connectivity index (χ1v) is 7.65. The number of nitrogens with one attached hydrogen (secondary N) is 1. The molecule has 0 aromatic rings. The molecule has 0 aromatic heterocycles. The SMILES string of the molecule is CCC1CCC(NC)C(N(C)C2CCCC2)C1. The highest BCUT2D eigenvalue weighted by Crippen LogP contribution is 2.33. The zero-order valence-electron chi connectivity index (χ0n) is 11.9. The minimum absolute atomic E-state index is 0.725. The number of nitrogens with zero attached hydrogens (tertiary/aromatic N) is 1. The fraction of sp³-hybridized carbons (Fsp3) is 1.00. The van der Waals surface area contributed by atoms with Crippen LogP contribution in [0.15, 0.2) is 0 Å². The summed E-state index contributed by atoms with van der Waals surface area (Å²) in [6.07, 6.45) is 11.3. The van der Waals surface area contributed by atoms with Crippen LogP contribution < -0.4 is 5.32 Å². The fourth-order valence-electron chi connectivity index (χ4n) is 3.97. The topological polar surface area (TPSA) is 15.3 Å². The van der Waals surface area contributed by atoms with Crippen LogP contribution in [0.5, 0.6) is 0 Å². The first kappa shape index (κ1) is 13.4. The third-order valence-corrected chi connectivity index (χ3v) is 5.30. The third kappa shape index (κ3) is 3.03. The van der Waals surface area contributed by atoms with Crippen molar-refractivity contribution >= 4 is 0 Å². The highest BCUT2D eigenvalue weighted by atomic mass is 15.2. The van der Waals surface area contributed by atoms with Crippen molar-refractivity contribution in [3.05, 3.63) is 0 Å². The Morgan fingerprint density at radius 1 is 1.12 bits per heavy atom. The highest BCUT2D eigenvalue weighted by Gasteiger charge is 2.34. The molecule has 3 unspecified atom stereocenters. The Bertz CT molecular complexity index is 223. The van der Waals surface area contributed by atoms with Crippen LogP contribution in [-0.4, -0.2) is 37.1 Å². The molecule has 0 aliphatic heterocycles. The lowest BCUT2D eigenvalue weighted by Gasteiger charge is -2.43. The van der Waals surface area contributed by atoms with Gasteiger partial charge in [-0.2, -0.15) is 0 Å². The summed E-state index contributed by atoms with van der Waals surface area (Å²) in [5, 5.41) is 3.56. The molecule has 0 amide bonds. The molecule has 0 saturated heterocycles. The number of hydrogen-bond acceptors (Lipinski definition) is 2. The summed E-state index contributed by atoms with van der Waals surface area (Å²) in [7, 11) is 4.52. The molecule has 0 spiro atoms. The molecule has 100 valence electrons. The Balaban J connectivity index is 1.98. The second-order valence-corrected chi connectivity index (χ2v) is 6.15. The summed E-state index contributed by atoms with van der Waals surface area (Å²) in [6.45, 7) is 2.36. The lowest BCUT2D eigenvalue weighted by molar-refractivity contribution is 0.0870. The van der Waals surface area contributed by atoms with Crippen molar-refractivity contribution in [1.29, 1.82) is 0 Å². The largest absolute Gasteiger partial charge is 0.315 e. The predicted molar refractivity (Wildman–Crippen MR) is 74.3 cm³/mol. The molecule has 2 saturated carbocycles. The van der Waals surface area contributed by atoms with E-state index in [4.69, 9.17) is 0 Å². The van der Waals surface area contributed by atoms with E-state index < -0.39 is 0 Å². The fourth-order valence-corrected chi connectivity index (χ4v) is 3.97. The zero-order valence-corrected chi connectivity index (χ0v) is 11.9. The van der Waals surface area contributed by atoms with Gasteiger partial charge >= 0.3 is 0 Å². The summed E-state index contributed by atoms with van der Waals surface area (Å²) in [4.78, 5) is 2.72. The van der Waals surface area contributed by atoms with Gasteiger partial charge in [-0.05, 0) is 52.1 Å². The zero-order chi connectivity index (χ0) is 12.3. The molecule has 2 nitrogen and oxygen atoms in total. The monoisotopic (exact) mass is 238 g/mol. The van der Waals surface area contributed by atoms with E-state index in [1.807, 2.05) is 0 Å². The van der Waals surface area contributed by atoms with Crippen LogP contribution in [0.1, 0.15) is 58.3 Å². The van der Waals surface area contributed by atoms with Crippen LogP contribution in [0, 0.1) is 5.92 Å². The third-order valence-electron chi connectivity index (χ3n) is 5.30. The lowest BCUT2D eigenvalue weighted by atomic mass is 9.80. The van der Waals surface area contributed by atoms with E-state index in [9.17, 15) is 0 Å². The van der Waals surface area contributed by atoms with Crippen molar-refractivity contribution < 1.29 is 0 Å². The highest BCUT2D eigenvalue weighted by molar-refractivity contribution is 4.92. The van der Waals surface area contributed by atoms with Crippen molar-refractivity contribution in [3.8, 4) is 0 Å². The minimum Gasteiger partial charge on any atom is -0.315 e. The molecule has 2 heteroatoms. The van der Waals surface area contributed by atoms with Crippen LogP contribution in [0.4, 0.5) is 0 Å². The maximum Gasteiger partial charge on any atom is 0.0251 e. The van der Waals surface area contributed by atoms with Crippen molar-refractivity contribution in [2.45, 2.75) is 76.4 Å². The van der Waals surface area contributed by atoms with Gasteiger partial charge in [0.25, 0.3) is 0 Å². The Morgan fingerprint density at radius 3 is 2.41 bits per heavy atom. The van der Waals surface area contributed by atoms with E-state index in [1.54, 1.807) is 0 Å². The Labute approximate surface area is 107 Å². The quantitative estimate of drug-likeness (QED) is 0.810. The smallest absolute Gasteiger partial charge is 0.0251 e. The molecule has 2 aliphatic carbocycles. The van der Waals surface area contributed by atoms with E-state index >= 15 is 0 Å². The lowest BCUT2D eigenvalue weighted by Crippen LogP contribution is -2.53. The molecule has 2 fully saturated rings. The average molecular weight is 238 g/mol. The maximum absolute atomic E-state index is 3.56. The van der Waals surface area contributed by atoms with Crippen molar-refractivity contribution in [2.24, 2.45) is 5.92 Å². The van der Waals surface area contributed by atoms with E-state index in [-0.39, 0.29) is 0 Å². The van der Waals surface area contributed by atoms with E-state index in [0.717, 1.165) is 24.0 Å². The first-order chi connectivity index (χ1) is 8.26. The first-order valence-electron chi connectivity index (χ1n) is 7.65. The summed E-state index contributed by atoms with van der Waals surface area (Å²) in [5.74, 6) is 0.966. The summed E-state index contributed by atoms with van der Waals surface area (Å²) >= 11 is 0. The van der Waals surface area contributed by atoms with Gasteiger partial charge < -0.3 is 5.32 Å². The summed E-state index contributed by atoms with van der Waals surface area (Å²) in [5.41, 5.74) is 0. The average Bonchev–Trinajstić information content (AvgIpc) is 2.91. The van der Waals surface area contributed by atoms with Crippen LogP contribution >= 0.6 is 0 Å². The Kier molecular flexibility index (Phi) is 4.87. The van der Waals surface area contributed by atoms with Gasteiger partial charge in [-0.25, -0.2) is 0 Å². The van der Waals surface area contributed by atoms with Gasteiger partial charge in [0, 0.05) is 18.1 Å². The normalized spacial score (nSPS) is 35.6. The van der Waals surface area contributed by atoms with E-state index in [0.29, 0.717) is 0 Å². The molecule has 3 atom stereocenters. The van der Waals surface area contributed by atoms with Gasteiger partial charge in [-0.3, -0.25) is 4.90 Å². The van der Waals surface area contributed by atoms with Gasteiger partial charge in [0.2, 0.25) is 0 Å². The molecular weight excluding hydrogens is 208 g/mol. The maximum atomic E-state index is 3.56. The second kappa shape index (κ2) is 6.19. The molecule has 1 N–H and O–H groups in total. The van der Waals surface area contributed by atoms with Crippen LogP contribution in [0.25, 0.3) is 0 Å². The summed E-state index contributed by atoms with van der Waals surface area (Å²) in [6, 6.07) is 2.37. The van der Waals surface area contributed by atoms with E-state index in [1.165, 1.54) is 51.4 Å². The number of likely N-dealkylation sites (N-methyl/N-ethyl adjacent to an activating group) is 2.